The van der Waals surface area contributed by atoms with Gasteiger partial charge in [-0.05, 0) is 38.0 Å². The highest BCUT2D eigenvalue weighted by Crippen LogP contribution is 2.48. The molecular weight excluding hydrogens is 184 g/mol. The lowest BCUT2D eigenvalue weighted by molar-refractivity contribution is 0.0547. The quantitative estimate of drug-likeness (QED) is 0.602. The Morgan fingerprint density at radius 2 is 2.07 bits per heavy atom. The van der Waals surface area contributed by atoms with Crippen LogP contribution in [0.15, 0.2) is 23.3 Å². The number of aliphatic hydroxyl groups is 1. The summed E-state index contributed by atoms with van der Waals surface area (Å²) in [6.45, 7) is 10.8. The summed E-state index contributed by atoms with van der Waals surface area (Å²) < 4.78 is 0. The third kappa shape index (κ3) is 1.78. The lowest BCUT2D eigenvalue weighted by Crippen LogP contribution is -2.28. The van der Waals surface area contributed by atoms with Crippen molar-refractivity contribution >= 4 is 0 Å². The molecule has 0 aliphatic heterocycles. The Hall–Kier alpha value is -0.560. The highest BCUT2D eigenvalue weighted by atomic mass is 16.3. The molecule has 1 nitrogen and oxygen atoms in total. The van der Waals surface area contributed by atoms with E-state index in [0.29, 0.717) is 5.92 Å². The summed E-state index contributed by atoms with van der Waals surface area (Å²) in [4.78, 5) is 0. The summed E-state index contributed by atoms with van der Waals surface area (Å²) >= 11 is 0. The molecule has 0 aromatic heterocycles. The molecule has 1 fully saturated rings. The van der Waals surface area contributed by atoms with Gasteiger partial charge in [-0.3, -0.25) is 0 Å². The largest absolute Gasteiger partial charge is 0.392 e. The molecule has 0 spiro atoms. The Morgan fingerprint density at radius 3 is 2.73 bits per heavy atom. The Bertz CT molecular complexity index is 322. The molecule has 84 valence electrons. The molecule has 0 aromatic rings. The molecule has 0 amide bonds. The second kappa shape index (κ2) is 3.48. The van der Waals surface area contributed by atoms with Crippen LogP contribution in [0.25, 0.3) is 0 Å². The molecule has 0 aromatic carbocycles. The molecule has 15 heavy (non-hydrogen) atoms. The average molecular weight is 206 g/mol. The van der Waals surface area contributed by atoms with Crippen LogP contribution in [0.1, 0.15) is 46.5 Å². The van der Waals surface area contributed by atoms with E-state index in [9.17, 15) is 5.11 Å². The van der Waals surface area contributed by atoms with Crippen LogP contribution < -0.4 is 0 Å². The molecule has 0 saturated heterocycles. The van der Waals surface area contributed by atoms with Gasteiger partial charge in [0.2, 0.25) is 0 Å². The van der Waals surface area contributed by atoms with Crippen LogP contribution in [0.4, 0.5) is 0 Å². The lowest BCUT2D eigenvalue weighted by atomic mass is 9.80. The van der Waals surface area contributed by atoms with Gasteiger partial charge in [0.15, 0.2) is 0 Å². The average Bonchev–Trinajstić information content (AvgIpc) is 2.43. The molecule has 0 radical (unpaired) electrons. The molecule has 0 heterocycles. The summed E-state index contributed by atoms with van der Waals surface area (Å²) in [5, 5.41) is 10.1. The van der Waals surface area contributed by atoms with E-state index in [4.69, 9.17) is 0 Å². The van der Waals surface area contributed by atoms with Crippen molar-refractivity contribution in [1.82, 2.24) is 0 Å². The van der Waals surface area contributed by atoms with E-state index in [2.05, 4.69) is 27.4 Å². The number of allylic oxidation sites excluding steroid dienone is 2. The highest BCUT2D eigenvalue weighted by molar-refractivity contribution is 5.32. The van der Waals surface area contributed by atoms with Gasteiger partial charge in [-0.25, -0.2) is 0 Å². The standard InChI is InChI=1S/C14H22O/c1-9-5-6-11-10(2)7-13(15)14(3,4)8-12(9)11/h11,13,15H,2,5-8H2,1,3-4H3/t11-,13+/m1/s1. The number of aliphatic hydroxyl groups excluding tert-OH is 1. The Balaban J connectivity index is 2.37. The van der Waals surface area contributed by atoms with Gasteiger partial charge in [0.1, 0.15) is 0 Å². The van der Waals surface area contributed by atoms with Crippen molar-refractivity contribution < 1.29 is 5.11 Å². The topological polar surface area (TPSA) is 20.2 Å². The third-order valence-electron chi connectivity index (χ3n) is 4.27. The second-order valence-electron chi connectivity index (χ2n) is 5.94. The third-order valence-corrected chi connectivity index (χ3v) is 4.27. The SMILES string of the molecule is C=C1C[C@H](O)C(C)(C)CC2=C(C)CC[C@H]12. The number of hydrogen-bond donors (Lipinski definition) is 1. The van der Waals surface area contributed by atoms with Crippen LogP contribution >= 0.6 is 0 Å². The van der Waals surface area contributed by atoms with Crippen molar-refractivity contribution in [3.63, 3.8) is 0 Å². The first-order valence-corrected chi connectivity index (χ1v) is 5.96. The van der Waals surface area contributed by atoms with E-state index in [1.807, 2.05) is 0 Å². The summed E-state index contributed by atoms with van der Waals surface area (Å²) in [5.41, 5.74) is 4.38. The minimum absolute atomic E-state index is 0.0125. The van der Waals surface area contributed by atoms with Gasteiger partial charge in [-0.1, -0.05) is 37.1 Å². The summed E-state index contributed by atoms with van der Waals surface area (Å²) in [7, 11) is 0. The van der Waals surface area contributed by atoms with Crippen molar-refractivity contribution in [3.05, 3.63) is 23.3 Å². The molecule has 1 N–H and O–H groups in total. The Morgan fingerprint density at radius 1 is 1.40 bits per heavy atom. The Kier molecular flexibility index (Phi) is 2.54. The van der Waals surface area contributed by atoms with Crippen molar-refractivity contribution in [2.24, 2.45) is 11.3 Å². The van der Waals surface area contributed by atoms with E-state index >= 15 is 0 Å². The zero-order valence-corrected chi connectivity index (χ0v) is 10.1. The van der Waals surface area contributed by atoms with E-state index in [1.165, 1.54) is 18.4 Å². The molecule has 2 aliphatic carbocycles. The maximum Gasteiger partial charge on any atom is 0.0631 e. The van der Waals surface area contributed by atoms with E-state index in [1.54, 1.807) is 11.1 Å². The van der Waals surface area contributed by atoms with Crippen molar-refractivity contribution in [3.8, 4) is 0 Å². The number of fused-ring (bicyclic) bond motifs is 1. The maximum atomic E-state index is 10.1. The highest BCUT2D eigenvalue weighted by Gasteiger charge is 2.38. The fraction of sp³-hybridized carbons (Fsp3) is 0.714. The van der Waals surface area contributed by atoms with Crippen LogP contribution in [-0.2, 0) is 0 Å². The molecule has 2 rings (SSSR count). The molecule has 1 heteroatoms. The number of hydrogen-bond acceptors (Lipinski definition) is 1. The summed E-state index contributed by atoms with van der Waals surface area (Å²) in [5.74, 6) is 0.571. The minimum Gasteiger partial charge on any atom is -0.392 e. The lowest BCUT2D eigenvalue weighted by Gasteiger charge is -2.29. The fourth-order valence-electron chi connectivity index (χ4n) is 2.99. The second-order valence-corrected chi connectivity index (χ2v) is 5.94. The van der Waals surface area contributed by atoms with E-state index in [-0.39, 0.29) is 11.5 Å². The van der Waals surface area contributed by atoms with Gasteiger partial charge < -0.3 is 5.11 Å². The first kappa shape index (κ1) is 10.9. The van der Waals surface area contributed by atoms with Gasteiger partial charge in [0, 0.05) is 5.92 Å². The molecule has 0 bridgehead atoms. The predicted molar refractivity (Wildman–Crippen MR) is 63.6 cm³/mol. The summed E-state index contributed by atoms with van der Waals surface area (Å²) in [6, 6.07) is 0. The monoisotopic (exact) mass is 206 g/mol. The zero-order valence-electron chi connectivity index (χ0n) is 10.1. The van der Waals surface area contributed by atoms with Crippen molar-refractivity contribution in [1.29, 1.82) is 0 Å². The van der Waals surface area contributed by atoms with Crippen LogP contribution in [-0.4, -0.2) is 11.2 Å². The molecule has 2 aliphatic rings. The molecular formula is C14H22O. The molecule has 1 saturated carbocycles. The predicted octanol–water partition coefficient (Wildman–Crippen LogP) is 3.45. The van der Waals surface area contributed by atoms with Gasteiger partial charge in [0.05, 0.1) is 6.10 Å². The Labute approximate surface area is 92.9 Å². The molecule has 0 unspecified atom stereocenters. The van der Waals surface area contributed by atoms with Crippen LogP contribution in [0, 0.1) is 11.3 Å². The molecule has 2 atom stereocenters. The van der Waals surface area contributed by atoms with Crippen LogP contribution in [0.2, 0.25) is 0 Å². The van der Waals surface area contributed by atoms with Crippen molar-refractivity contribution in [2.75, 3.05) is 0 Å². The maximum absolute atomic E-state index is 10.1. The van der Waals surface area contributed by atoms with Gasteiger partial charge in [0.25, 0.3) is 0 Å². The minimum atomic E-state index is -0.226. The smallest absolute Gasteiger partial charge is 0.0631 e. The van der Waals surface area contributed by atoms with Gasteiger partial charge in [-0.2, -0.15) is 0 Å². The van der Waals surface area contributed by atoms with Gasteiger partial charge in [-0.15, -0.1) is 0 Å². The van der Waals surface area contributed by atoms with E-state index in [0.717, 1.165) is 12.8 Å². The summed E-state index contributed by atoms with van der Waals surface area (Å²) in [6.07, 6.45) is 4.06. The van der Waals surface area contributed by atoms with E-state index < -0.39 is 0 Å². The first-order chi connectivity index (χ1) is 6.92. The van der Waals surface area contributed by atoms with Crippen LogP contribution in [0.3, 0.4) is 0 Å². The van der Waals surface area contributed by atoms with Crippen LogP contribution in [0.5, 0.6) is 0 Å². The normalized spacial score (nSPS) is 35.3. The number of rotatable bonds is 0. The van der Waals surface area contributed by atoms with Crippen molar-refractivity contribution in [2.45, 2.75) is 52.6 Å². The first-order valence-electron chi connectivity index (χ1n) is 5.96. The van der Waals surface area contributed by atoms with Gasteiger partial charge >= 0.3 is 0 Å². The zero-order chi connectivity index (χ0) is 11.2. The fourth-order valence-corrected chi connectivity index (χ4v) is 2.99.